The third-order valence-electron chi connectivity index (χ3n) is 5.85. The zero-order valence-electron chi connectivity index (χ0n) is 14.3. The Hall–Kier alpha value is -2.37. The number of benzene rings is 1. The number of rotatable bonds is 4. The molecule has 3 aliphatic rings. The van der Waals surface area contributed by atoms with E-state index in [9.17, 15) is 14.4 Å². The van der Waals surface area contributed by atoms with E-state index in [1.54, 1.807) is 0 Å². The van der Waals surface area contributed by atoms with Crippen molar-refractivity contribution in [1.29, 1.82) is 0 Å². The van der Waals surface area contributed by atoms with Gasteiger partial charge in [0.15, 0.2) is 6.61 Å². The van der Waals surface area contributed by atoms with Gasteiger partial charge in [-0.3, -0.25) is 14.4 Å². The fourth-order valence-corrected chi connectivity index (χ4v) is 4.75. The first-order chi connectivity index (χ1) is 12.0. The Bertz CT molecular complexity index is 736. The average molecular weight is 343 g/mol. The van der Waals surface area contributed by atoms with Gasteiger partial charge in [0, 0.05) is 11.6 Å². The summed E-state index contributed by atoms with van der Waals surface area (Å²) in [7, 11) is 0. The van der Waals surface area contributed by atoms with Gasteiger partial charge in [-0.25, -0.2) is 0 Å². The largest absolute Gasteiger partial charge is 0.462 e. The van der Waals surface area contributed by atoms with Crippen LogP contribution in [0.4, 0.5) is 5.69 Å². The van der Waals surface area contributed by atoms with Gasteiger partial charge in [-0.15, -0.1) is 0 Å². The number of anilines is 1. The van der Waals surface area contributed by atoms with Gasteiger partial charge in [0.05, 0.1) is 11.8 Å². The van der Waals surface area contributed by atoms with Gasteiger partial charge in [0.1, 0.15) is 6.10 Å². The predicted octanol–water partition coefficient (Wildman–Crippen LogP) is 1.98. The first kappa shape index (κ1) is 16.1. The molecule has 1 aromatic rings. The number of ether oxygens (including phenoxy) is 2. The molecule has 25 heavy (non-hydrogen) atoms. The summed E-state index contributed by atoms with van der Waals surface area (Å²) in [5, 5.41) is 2.79. The van der Waals surface area contributed by atoms with Gasteiger partial charge < -0.3 is 14.8 Å². The fourth-order valence-electron chi connectivity index (χ4n) is 4.75. The number of hydrogen-bond acceptors (Lipinski definition) is 5. The van der Waals surface area contributed by atoms with Crippen molar-refractivity contribution in [3.05, 3.63) is 29.3 Å². The van der Waals surface area contributed by atoms with Crippen molar-refractivity contribution >= 4 is 23.5 Å². The van der Waals surface area contributed by atoms with E-state index < -0.39 is 11.9 Å². The van der Waals surface area contributed by atoms with Crippen molar-refractivity contribution in [1.82, 2.24) is 0 Å². The van der Waals surface area contributed by atoms with Gasteiger partial charge in [0.2, 0.25) is 0 Å². The summed E-state index contributed by atoms with van der Waals surface area (Å²) < 4.78 is 10.6. The Morgan fingerprint density at radius 2 is 1.96 bits per heavy atom. The van der Waals surface area contributed by atoms with E-state index in [1.807, 2.05) is 32.0 Å². The lowest BCUT2D eigenvalue weighted by Crippen LogP contribution is -2.35. The molecule has 2 saturated carbocycles. The van der Waals surface area contributed by atoms with Gasteiger partial charge in [0.25, 0.3) is 5.91 Å². The molecule has 6 heteroatoms. The number of esters is 2. The van der Waals surface area contributed by atoms with Crippen molar-refractivity contribution in [3.8, 4) is 0 Å². The topological polar surface area (TPSA) is 81.7 Å². The molecule has 1 amide bonds. The highest BCUT2D eigenvalue weighted by Crippen LogP contribution is 2.57. The van der Waals surface area contributed by atoms with Crippen molar-refractivity contribution in [3.63, 3.8) is 0 Å². The van der Waals surface area contributed by atoms with Crippen LogP contribution in [0.5, 0.6) is 0 Å². The summed E-state index contributed by atoms with van der Waals surface area (Å²) in [6.45, 7) is 3.48. The maximum Gasteiger partial charge on any atom is 0.310 e. The molecule has 0 spiro atoms. The minimum absolute atomic E-state index is 0.0149. The first-order valence-corrected chi connectivity index (χ1v) is 8.69. The van der Waals surface area contributed by atoms with Crippen molar-refractivity contribution in [2.75, 3.05) is 11.9 Å². The van der Waals surface area contributed by atoms with Crippen LogP contribution in [-0.4, -0.2) is 30.6 Å². The minimum atomic E-state index is -0.454. The molecular formula is C19H21NO5. The van der Waals surface area contributed by atoms with Crippen molar-refractivity contribution < 1.29 is 23.9 Å². The lowest BCUT2D eigenvalue weighted by Gasteiger charge is -2.22. The molecule has 1 heterocycles. The van der Waals surface area contributed by atoms with Crippen LogP contribution < -0.4 is 5.32 Å². The van der Waals surface area contributed by atoms with E-state index in [0.29, 0.717) is 0 Å². The van der Waals surface area contributed by atoms with Crippen LogP contribution in [0.25, 0.3) is 0 Å². The quantitative estimate of drug-likeness (QED) is 0.846. The predicted molar refractivity (Wildman–Crippen MR) is 88.6 cm³/mol. The molecule has 0 unspecified atom stereocenters. The standard InChI is InChI=1S/C19H21NO5/c1-9-4-3-5-10(2)17(9)20-14(21)8-24-18(22)15-11-6-12-13(7-11)25-19(23)16(12)15/h3-5,11-13,15-16H,6-8H2,1-2H3,(H,20,21)/t11-,12+,13+,15-,16+/m1/s1. The van der Waals surface area contributed by atoms with Gasteiger partial charge in [-0.2, -0.15) is 0 Å². The molecule has 4 rings (SSSR count). The van der Waals surface area contributed by atoms with E-state index >= 15 is 0 Å². The Morgan fingerprint density at radius 3 is 2.68 bits per heavy atom. The fraction of sp³-hybridized carbons (Fsp3) is 0.526. The molecule has 1 saturated heterocycles. The summed E-state index contributed by atoms with van der Waals surface area (Å²) in [6, 6.07) is 5.74. The molecule has 132 valence electrons. The monoisotopic (exact) mass is 343 g/mol. The third kappa shape index (κ3) is 2.60. The number of para-hydroxylation sites is 1. The van der Waals surface area contributed by atoms with Crippen LogP contribution >= 0.6 is 0 Å². The zero-order chi connectivity index (χ0) is 17.7. The molecule has 0 radical (unpaired) electrons. The van der Waals surface area contributed by atoms with E-state index in [2.05, 4.69) is 5.32 Å². The lowest BCUT2D eigenvalue weighted by molar-refractivity contribution is -0.157. The number of hydrogen-bond donors (Lipinski definition) is 1. The van der Waals surface area contributed by atoms with Crippen LogP contribution in [0.1, 0.15) is 24.0 Å². The molecule has 5 atom stereocenters. The lowest BCUT2D eigenvalue weighted by atomic mass is 9.80. The first-order valence-electron chi connectivity index (χ1n) is 8.69. The Morgan fingerprint density at radius 1 is 1.24 bits per heavy atom. The number of carbonyl (C=O) groups excluding carboxylic acids is 3. The Kier molecular flexibility index (Phi) is 3.78. The SMILES string of the molecule is Cc1cccc(C)c1NC(=O)COC(=O)[C@@H]1[C@@H]2C[C@@H]3[C@@H]1C(=O)O[C@H]3C2. The molecule has 1 aliphatic heterocycles. The molecule has 2 aliphatic carbocycles. The summed E-state index contributed by atoms with van der Waals surface area (Å²) >= 11 is 0. The van der Waals surface area contributed by atoms with E-state index in [1.165, 1.54) is 0 Å². The number of nitrogens with one attached hydrogen (secondary N) is 1. The average Bonchev–Trinajstić information content (AvgIpc) is 3.18. The van der Waals surface area contributed by atoms with Crippen LogP contribution in [0.15, 0.2) is 18.2 Å². The van der Waals surface area contributed by atoms with Crippen LogP contribution in [0.3, 0.4) is 0 Å². The molecule has 3 fully saturated rings. The zero-order valence-corrected chi connectivity index (χ0v) is 14.3. The highest BCUT2D eigenvalue weighted by molar-refractivity contribution is 5.94. The Balaban J connectivity index is 1.36. The van der Waals surface area contributed by atoms with Gasteiger partial charge in [-0.1, -0.05) is 18.2 Å². The summed E-state index contributed by atoms with van der Waals surface area (Å²) in [5.74, 6) is -1.65. The maximum atomic E-state index is 12.4. The van der Waals surface area contributed by atoms with Crippen molar-refractivity contribution in [2.24, 2.45) is 23.7 Å². The maximum absolute atomic E-state index is 12.4. The second kappa shape index (κ2) is 5.86. The summed E-state index contributed by atoms with van der Waals surface area (Å²) in [5.41, 5.74) is 2.64. The normalized spacial score (nSPS) is 31.8. The van der Waals surface area contributed by atoms with Gasteiger partial charge in [-0.05, 0) is 43.7 Å². The number of carbonyl (C=O) groups is 3. The summed E-state index contributed by atoms with van der Waals surface area (Å²) in [6.07, 6.45) is 1.57. The highest BCUT2D eigenvalue weighted by Gasteiger charge is 2.64. The van der Waals surface area contributed by atoms with Crippen molar-refractivity contribution in [2.45, 2.75) is 32.8 Å². The molecular weight excluding hydrogens is 322 g/mol. The van der Waals surface area contributed by atoms with Gasteiger partial charge >= 0.3 is 11.9 Å². The summed E-state index contributed by atoms with van der Waals surface area (Å²) in [4.78, 5) is 36.5. The molecule has 1 N–H and O–H groups in total. The Labute approximate surface area is 145 Å². The van der Waals surface area contributed by atoms with Crippen LogP contribution in [0, 0.1) is 37.5 Å². The van der Waals surface area contributed by atoms with E-state index in [0.717, 1.165) is 29.7 Å². The molecule has 2 bridgehead atoms. The second-order valence-electron chi connectivity index (χ2n) is 7.34. The highest BCUT2D eigenvalue weighted by atomic mass is 16.6. The second-order valence-corrected chi connectivity index (χ2v) is 7.34. The van der Waals surface area contributed by atoms with Crippen LogP contribution in [-0.2, 0) is 23.9 Å². The smallest absolute Gasteiger partial charge is 0.310 e. The third-order valence-corrected chi connectivity index (χ3v) is 5.85. The minimum Gasteiger partial charge on any atom is -0.462 e. The van der Waals surface area contributed by atoms with E-state index in [-0.39, 0.29) is 42.3 Å². The molecule has 6 nitrogen and oxygen atoms in total. The van der Waals surface area contributed by atoms with E-state index in [4.69, 9.17) is 9.47 Å². The number of amides is 1. The molecule has 1 aromatic carbocycles. The molecule has 0 aromatic heterocycles. The van der Waals surface area contributed by atoms with Crippen LogP contribution in [0.2, 0.25) is 0 Å². The number of aryl methyl sites for hydroxylation is 2. The number of fused-ring (bicyclic) bond motifs is 1.